The molecule has 0 saturated carbocycles. The molecule has 0 aromatic heterocycles. The van der Waals surface area contributed by atoms with Gasteiger partial charge in [-0.15, -0.1) is 0 Å². The molecular formula is C25H30N2O6. The number of hydrogen-bond donors (Lipinski definition) is 1. The summed E-state index contributed by atoms with van der Waals surface area (Å²) in [5, 5.41) is 26.4. The topological polar surface area (TPSA) is 113 Å². The van der Waals surface area contributed by atoms with E-state index >= 15 is 0 Å². The Morgan fingerprint density at radius 2 is 1.33 bits per heavy atom. The Bertz CT molecular complexity index is 902. The van der Waals surface area contributed by atoms with Crippen molar-refractivity contribution in [3.63, 3.8) is 0 Å². The highest BCUT2D eigenvalue weighted by molar-refractivity contribution is 5.85. The van der Waals surface area contributed by atoms with Gasteiger partial charge < -0.3 is 29.6 Å². The van der Waals surface area contributed by atoms with Crippen LogP contribution in [0.3, 0.4) is 0 Å². The number of carbonyl (C=O) groups excluding carboxylic acids is 1. The minimum Gasteiger partial charge on any atom is -0.459 e. The molecule has 2 aromatic rings. The van der Waals surface area contributed by atoms with Crippen molar-refractivity contribution < 1.29 is 24.2 Å². The third kappa shape index (κ3) is 4.45. The Balaban J connectivity index is 0.000000601. The SMILES string of the molecule is O=C(OC1CC2CCC(C1)[N+]21CCCC1)C(O)(c1ccccc1)c1ccccc1.O=[N+]([O-])[O-]. The molecule has 8 heteroatoms. The zero-order valence-corrected chi connectivity index (χ0v) is 18.5. The van der Waals surface area contributed by atoms with Gasteiger partial charge in [-0.3, -0.25) is 0 Å². The van der Waals surface area contributed by atoms with Gasteiger partial charge in [0.25, 0.3) is 0 Å². The molecule has 176 valence electrons. The highest BCUT2D eigenvalue weighted by Gasteiger charge is 2.56. The van der Waals surface area contributed by atoms with Gasteiger partial charge in [-0.2, -0.15) is 0 Å². The summed E-state index contributed by atoms with van der Waals surface area (Å²) in [5.74, 6) is -0.547. The molecule has 3 fully saturated rings. The quantitative estimate of drug-likeness (QED) is 0.327. The number of carbonyl (C=O) groups is 1. The van der Waals surface area contributed by atoms with Gasteiger partial charge in [-0.25, -0.2) is 4.79 Å². The molecule has 2 unspecified atom stereocenters. The van der Waals surface area contributed by atoms with Crippen molar-refractivity contribution in [2.45, 2.75) is 62.3 Å². The van der Waals surface area contributed by atoms with Crippen LogP contribution >= 0.6 is 0 Å². The Kier molecular flexibility index (Phi) is 6.67. The summed E-state index contributed by atoms with van der Waals surface area (Å²) < 4.78 is 7.32. The molecule has 2 bridgehead atoms. The van der Waals surface area contributed by atoms with Crippen LogP contribution in [0.25, 0.3) is 0 Å². The minimum atomic E-state index is -1.78. The normalized spacial score (nSPS) is 25.2. The molecule has 1 N–H and O–H groups in total. The van der Waals surface area contributed by atoms with E-state index in [4.69, 9.17) is 20.1 Å². The van der Waals surface area contributed by atoms with Crippen molar-refractivity contribution in [1.29, 1.82) is 0 Å². The van der Waals surface area contributed by atoms with E-state index in [0.717, 1.165) is 12.8 Å². The highest BCUT2D eigenvalue weighted by Crippen LogP contribution is 2.46. The van der Waals surface area contributed by atoms with Crippen molar-refractivity contribution >= 4 is 5.97 Å². The minimum absolute atomic E-state index is 0.0942. The Hall–Kier alpha value is -2.97. The second-order valence-corrected chi connectivity index (χ2v) is 9.31. The van der Waals surface area contributed by atoms with Crippen molar-refractivity contribution in [2.24, 2.45) is 0 Å². The molecule has 5 rings (SSSR count). The smallest absolute Gasteiger partial charge is 0.347 e. The predicted octanol–water partition coefficient (Wildman–Crippen LogP) is 3.53. The summed E-state index contributed by atoms with van der Waals surface area (Å²) in [7, 11) is 0. The van der Waals surface area contributed by atoms with E-state index in [1.807, 2.05) is 36.4 Å². The van der Waals surface area contributed by atoms with Crippen LogP contribution in [0.15, 0.2) is 60.7 Å². The summed E-state index contributed by atoms with van der Waals surface area (Å²) >= 11 is 0. The van der Waals surface area contributed by atoms with E-state index in [-0.39, 0.29) is 6.10 Å². The van der Waals surface area contributed by atoms with Crippen molar-refractivity contribution in [3.8, 4) is 0 Å². The summed E-state index contributed by atoms with van der Waals surface area (Å²) in [4.78, 5) is 21.7. The highest BCUT2D eigenvalue weighted by atomic mass is 16.9. The second kappa shape index (κ2) is 9.49. The molecule has 8 nitrogen and oxygen atoms in total. The van der Waals surface area contributed by atoms with Crippen LogP contribution in [-0.2, 0) is 15.1 Å². The van der Waals surface area contributed by atoms with Crippen molar-refractivity contribution in [3.05, 3.63) is 87.1 Å². The first-order chi connectivity index (χ1) is 15.9. The largest absolute Gasteiger partial charge is 0.459 e. The zero-order chi connectivity index (χ0) is 23.5. The average molecular weight is 455 g/mol. The molecule has 0 amide bonds. The van der Waals surface area contributed by atoms with Crippen molar-refractivity contribution in [1.82, 2.24) is 0 Å². The van der Waals surface area contributed by atoms with Crippen LogP contribution in [0.4, 0.5) is 0 Å². The van der Waals surface area contributed by atoms with Gasteiger partial charge in [0.05, 0.1) is 30.3 Å². The molecule has 2 atom stereocenters. The summed E-state index contributed by atoms with van der Waals surface area (Å²) in [5.41, 5.74) is -0.671. The maximum atomic E-state index is 13.4. The molecule has 3 saturated heterocycles. The first-order valence-corrected chi connectivity index (χ1v) is 11.6. The van der Waals surface area contributed by atoms with E-state index in [1.54, 1.807) is 24.3 Å². The summed E-state index contributed by atoms with van der Waals surface area (Å²) in [6.07, 6.45) is 6.94. The van der Waals surface area contributed by atoms with E-state index in [0.29, 0.717) is 23.2 Å². The number of ether oxygens (including phenoxy) is 1. The number of aliphatic hydroxyl groups is 1. The lowest BCUT2D eigenvalue weighted by Gasteiger charge is -2.47. The number of quaternary nitrogens is 1. The van der Waals surface area contributed by atoms with Crippen LogP contribution in [0.1, 0.15) is 49.7 Å². The number of benzene rings is 2. The monoisotopic (exact) mass is 454 g/mol. The van der Waals surface area contributed by atoms with Crippen LogP contribution in [0, 0.1) is 15.3 Å². The van der Waals surface area contributed by atoms with Crippen LogP contribution in [-0.4, -0.2) is 51.9 Å². The molecule has 3 aliphatic heterocycles. The van der Waals surface area contributed by atoms with Gasteiger partial charge in [0.2, 0.25) is 5.60 Å². The number of esters is 1. The summed E-state index contributed by atoms with van der Waals surface area (Å²) in [6, 6.07) is 19.6. The van der Waals surface area contributed by atoms with Crippen molar-refractivity contribution in [2.75, 3.05) is 13.1 Å². The van der Waals surface area contributed by atoms with Gasteiger partial charge >= 0.3 is 5.97 Å². The average Bonchev–Trinajstić information content (AvgIpc) is 3.36. The number of piperidine rings is 1. The van der Waals surface area contributed by atoms with Crippen LogP contribution in [0.5, 0.6) is 0 Å². The maximum Gasteiger partial charge on any atom is 0.347 e. The molecule has 0 aliphatic carbocycles. The summed E-state index contributed by atoms with van der Waals surface area (Å²) in [6.45, 7) is 2.60. The molecule has 33 heavy (non-hydrogen) atoms. The maximum absolute atomic E-state index is 13.4. The van der Waals surface area contributed by atoms with Crippen LogP contribution in [0.2, 0.25) is 0 Å². The van der Waals surface area contributed by atoms with Gasteiger partial charge in [0.15, 0.2) is 0 Å². The molecular weight excluding hydrogens is 424 g/mol. The van der Waals surface area contributed by atoms with E-state index in [2.05, 4.69) is 0 Å². The fourth-order valence-electron chi connectivity index (χ4n) is 6.30. The Morgan fingerprint density at radius 1 is 0.909 bits per heavy atom. The number of rotatable bonds is 4. The Morgan fingerprint density at radius 3 is 1.76 bits per heavy atom. The fraction of sp³-hybridized carbons (Fsp3) is 0.480. The lowest BCUT2D eigenvalue weighted by molar-refractivity contribution is -0.956. The molecule has 3 heterocycles. The molecule has 1 spiro atoms. The first-order valence-electron chi connectivity index (χ1n) is 11.6. The second-order valence-electron chi connectivity index (χ2n) is 9.31. The lowest BCUT2D eigenvalue weighted by atomic mass is 9.86. The number of nitrogens with zero attached hydrogens (tertiary/aromatic N) is 2. The van der Waals surface area contributed by atoms with Gasteiger partial charge in [-0.05, 0) is 11.1 Å². The van der Waals surface area contributed by atoms with Gasteiger partial charge in [0, 0.05) is 38.5 Å². The third-order valence-electron chi connectivity index (χ3n) is 7.71. The number of hydrogen-bond acceptors (Lipinski definition) is 6. The zero-order valence-electron chi connectivity index (χ0n) is 18.5. The fourth-order valence-corrected chi connectivity index (χ4v) is 6.30. The first kappa shape index (κ1) is 23.2. The molecule has 2 aromatic carbocycles. The van der Waals surface area contributed by atoms with E-state index < -0.39 is 16.7 Å². The Labute approximate surface area is 193 Å². The van der Waals surface area contributed by atoms with E-state index in [1.165, 1.54) is 43.3 Å². The van der Waals surface area contributed by atoms with Gasteiger partial charge in [0.1, 0.15) is 6.10 Å². The van der Waals surface area contributed by atoms with Gasteiger partial charge in [-0.1, -0.05) is 60.7 Å². The standard InChI is InChI=1S/C25H30NO3.NO3/c27-24(25(28,19-9-3-1-4-10-19)20-11-5-2-6-12-20)29-23-17-21-13-14-22(18-23)26(21)15-7-8-16-26;2-1(3)4/h1-6,9-12,21-23,28H,7-8,13-18H2;/q+1;-1. The van der Waals surface area contributed by atoms with Crippen LogP contribution < -0.4 is 0 Å². The molecule has 0 radical (unpaired) electrons. The molecule has 3 aliphatic rings. The predicted molar refractivity (Wildman–Crippen MR) is 121 cm³/mol. The van der Waals surface area contributed by atoms with E-state index in [9.17, 15) is 9.90 Å². The lowest BCUT2D eigenvalue weighted by Crippen LogP contribution is -2.60. The third-order valence-corrected chi connectivity index (χ3v) is 7.71.